The van der Waals surface area contributed by atoms with Crippen LogP contribution in [0.15, 0.2) is 83.5 Å². The van der Waals surface area contributed by atoms with Crippen LogP contribution in [0.1, 0.15) is 56.4 Å². The highest BCUT2D eigenvalue weighted by molar-refractivity contribution is 5.89. The molecule has 0 bridgehead atoms. The molecule has 2 aromatic carbocycles. The van der Waals surface area contributed by atoms with E-state index >= 15 is 0 Å². The standard InChI is InChI=1S/C32H37N5O4/c38-29(20-27(24-12-5-2-6-13-24)37-31(39)35-25-14-9-19-33-21-25)34-22-32(40,18-17-23-10-3-1-4-11-23)30-36-26-15-7-8-16-28(26)41-30/h1,3-4,7-11,14-16,19,21,24,27,40H,2,5-6,12-13,17-18,20,22H2,(H,34,38)(H2,35,37,39). The van der Waals surface area contributed by atoms with Crippen molar-refractivity contribution in [3.8, 4) is 0 Å². The normalized spacial score (nSPS) is 16.0. The van der Waals surface area contributed by atoms with Crippen LogP contribution in [0, 0.1) is 5.92 Å². The molecule has 214 valence electrons. The molecule has 2 unspecified atom stereocenters. The van der Waals surface area contributed by atoms with Crippen molar-refractivity contribution in [1.82, 2.24) is 20.6 Å². The number of hydrogen-bond donors (Lipinski definition) is 4. The van der Waals surface area contributed by atoms with Gasteiger partial charge in [-0.2, -0.15) is 0 Å². The van der Waals surface area contributed by atoms with Crippen molar-refractivity contribution in [2.45, 2.75) is 63.0 Å². The smallest absolute Gasteiger partial charge is 0.319 e. The number of aliphatic hydroxyl groups is 1. The van der Waals surface area contributed by atoms with Crippen LogP contribution in [0.2, 0.25) is 0 Å². The summed E-state index contributed by atoms with van der Waals surface area (Å²) in [5.74, 6) is 0.118. The number of oxazole rings is 1. The van der Waals surface area contributed by atoms with E-state index in [9.17, 15) is 14.7 Å². The molecule has 5 rings (SSSR count). The third kappa shape index (κ3) is 7.70. The SMILES string of the molecule is O=C(CC(NC(=O)Nc1cccnc1)C1CCCCC1)NCC(O)(CCc1ccccc1)c1nc2ccccc2o1. The average molecular weight is 556 g/mol. The van der Waals surface area contributed by atoms with Gasteiger partial charge in [0.15, 0.2) is 11.2 Å². The van der Waals surface area contributed by atoms with Crippen molar-refractivity contribution in [3.05, 3.63) is 90.6 Å². The number of nitrogens with one attached hydrogen (secondary N) is 3. The maximum atomic E-state index is 13.3. The minimum absolute atomic E-state index is 0.0647. The predicted molar refractivity (Wildman–Crippen MR) is 157 cm³/mol. The zero-order chi connectivity index (χ0) is 28.5. The van der Waals surface area contributed by atoms with E-state index in [-0.39, 0.29) is 42.8 Å². The Labute approximate surface area is 239 Å². The molecule has 2 heterocycles. The van der Waals surface area contributed by atoms with Gasteiger partial charge in [0.2, 0.25) is 11.8 Å². The third-order valence-corrected chi connectivity index (χ3v) is 7.80. The first-order valence-corrected chi connectivity index (χ1v) is 14.4. The van der Waals surface area contributed by atoms with Crippen molar-refractivity contribution in [1.29, 1.82) is 0 Å². The first kappa shape index (κ1) is 28.3. The number of aryl methyl sites for hydroxylation is 1. The lowest BCUT2D eigenvalue weighted by atomic mass is 9.82. The molecular weight excluding hydrogens is 518 g/mol. The van der Waals surface area contributed by atoms with Crippen molar-refractivity contribution >= 4 is 28.7 Å². The summed E-state index contributed by atoms with van der Waals surface area (Å²) in [6.45, 7) is -0.0647. The zero-order valence-electron chi connectivity index (χ0n) is 23.1. The number of carbonyl (C=O) groups is 2. The van der Waals surface area contributed by atoms with Gasteiger partial charge in [-0.15, -0.1) is 0 Å². The maximum absolute atomic E-state index is 13.3. The summed E-state index contributed by atoms with van der Waals surface area (Å²) in [7, 11) is 0. The van der Waals surface area contributed by atoms with Crippen molar-refractivity contribution in [2.75, 3.05) is 11.9 Å². The van der Waals surface area contributed by atoms with E-state index in [4.69, 9.17) is 4.42 Å². The van der Waals surface area contributed by atoms with E-state index in [1.165, 1.54) is 0 Å². The Morgan fingerprint density at radius 1 is 1.00 bits per heavy atom. The van der Waals surface area contributed by atoms with Gasteiger partial charge in [0.25, 0.3) is 0 Å². The number of pyridine rings is 1. The molecule has 0 saturated heterocycles. The second-order valence-electron chi connectivity index (χ2n) is 10.8. The first-order valence-electron chi connectivity index (χ1n) is 14.4. The van der Waals surface area contributed by atoms with Gasteiger partial charge >= 0.3 is 6.03 Å². The second-order valence-corrected chi connectivity index (χ2v) is 10.8. The van der Waals surface area contributed by atoms with E-state index in [2.05, 4.69) is 25.9 Å². The molecule has 2 atom stereocenters. The van der Waals surface area contributed by atoms with Crippen LogP contribution in [-0.2, 0) is 16.8 Å². The van der Waals surface area contributed by atoms with Crippen molar-refractivity contribution in [2.24, 2.45) is 5.92 Å². The van der Waals surface area contributed by atoms with E-state index in [1.807, 2.05) is 48.5 Å². The van der Waals surface area contributed by atoms with E-state index in [0.717, 1.165) is 37.7 Å². The summed E-state index contributed by atoms with van der Waals surface area (Å²) in [5.41, 5.74) is 1.35. The lowest BCUT2D eigenvalue weighted by Gasteiger charge is -2.31. The van der Waals surface area contributed by atoms with E-state index in [0.29, 0.717) is 29.6 Å². The van der Waals surface area contributed by atoms with Crippen LogP contribution in [-0.4, -0.2) is 39.6 Å². The highest BCUT2D eigenvalue weighted by atomic mass is 16.4. The Bertz CT molecular complexity index is 1390. The number of urea groups is 1. The fourth-order valence-electron chi connectivity index (χ4n) is 5.50. The van der Waals surface area contributed by atoms with Gasteiger partial charge in [-0.05, 0) is 61.4 Å². The number of benzene rings is 2. The lowest BCUT2D eigenvalue weighted by molar-refractivity contribution is -0.123. The molecule has 0 spiro atoms. The number of rotatable bonds is 11. The molecule has 1 saturated carbocycles. The fraction of sp³-hybridized carbons (Fsp3) is 0.375. The van der Waals surface area contributed by atoms with Gasteiger partial charge < -0.3 is 25.5 Å². The van der Waals surface area contributed by atoms with Gasteiger partial charge in [-0.3, -0.25) is 9.78 Å². The number of hydrogen-bond acceptors (Lipinski definition) is 6. The molecule has 1 aliphatic rings. The van der Waals surface area contributed by atoms with Crippen LogP contribution in [0.4, 0.5) is 10.5 Å². The van der Waals surface area contributed by atoms with Crippen LogP contribution in [0.3, 0.4) is 0 Å². The second kappa shape index (κ2) is 13.4. The van der Waals surface area contributed by atoms with Gasteiger partial charge in [0, 0.05) is 18.7 Å². The highest BCUT2D eigenvalue weighted by Gasteiger charge is 2.36. The minimum atomic E-state index is -1.52. The van der Waals surface area contributed by atoms with Gasteiger partial charge in [-0.1, -0.05) is 61.7 Å². The van der Waals surface area contributed by atoms with Crippen molar-refractivity contribution < 1.29 is 19.1 Å². The number of nitrogens with zero attached hydrogens (tertiary/aromatic N) is 2. The molecule has 1 fully saturated rings. The molecule has 0 aliphatic heterocycles. The number of aromatic nitrogens is 2. The Morgan fingerprint density at radius 2 is 1.78 bits per heavy atom. The van der Waals surface area contributed by atoms with Crippen LogP contribution in [0.5, 0.6) is 0 Å². The lowest BCUT2D eigenvalue weighted by Crippen LogP contribution is -2.48. The van der Waals surface area contributed by atoms with Crippen LogP contribution < -0.4 is 16.0 Å². The molecule has 9 nitrogen and oxygen atoms in total. The molecule has 1 aliphatic carbocycles. The Hall–Kier alpha value is -4.24. The van der Waals surface area contributed by atoms with Crippen molar-refractivity contribution in [3.63, 3.8) is 0 Å². The summed E-state index contributed by atoms with van der Waals surface area (Å²) in [6.07, 6.45) is 9.42. The number of anilines is 1. The summed E-state index contributed by atoms with van der Waals surface area (Å²) in [6, 6.07) is 20.0. The zero-order valence-corrected chi connectivity index (χ0v) is 23.1. The number of para-hydroxylation sites is 2. The first-order chi connectivity index (χ1) is 20.0. The Kier molecular flexibility index (Phi) is 9.26. The average Bonchev–Trinajstić information content (AvgIpc) is 3.46. The predicted octanol–water partition coefficient (Wildman–Crippen LogP) is 5.32. The van der Waals surface area contributed by atoms with E-state index in [1.54, 1.807) is 30.6 Å². The summed E-state index contributed by atoms with van der Waals surface area (Å²) >= 11 is 0. The molecule has 4 N–H and O–H groups in total. The number of carbonyl (C=O) groups excluding carboxylic acids is 2. The summed E-state index contributed by atoms with van der Waals surface area (Å²) < 4.78 is 5.96. The van der Waals surface area contributed by atoms with Gasteiger partial charge in [-0.25, -0.2) is 9.78 Å². The highest BCUT2D eigenvalue weighted by Crippen LogP contribution is 2.30. The third-order valence-electron chi connectivity index (χ3n) is 7.80. The quantitative estimate of drug-likeness (QED) is 0.198. The van der Waals surface area contributed by atoms with E-state index < -0.39 is 5.60 Å². The fourth-order valence-corrected chi connectivity index (χ4v) is 5.50. The molecule has 0 radical (unpaired) electrons. The van der Waals surface area contributed by atoms with Gasteiger partial charge in [0.05, 0.1) is 18.4 Å². The topological polar surface area (TPSA) is 129 Å². The molecule has 4 aromatic rings. The summed E-state index contributed by atoms with van der Waals surface area (Å²) in [5, 5.41) is 20.6. The largest absolute Gasteiger partial charge is 0.437 e. The van der Waals surface area contributed by atoms with Crippen LogP contribution in [0.25, 0.3) is 11.1 Å². The minimum Gasteiger partial charge on any atom is -0.437 e. The van der Waals surface area contributed by atoms with Crippen LogP contribution >= 0.6 is 0 Å². The molecule has 9 heteroatoms. The molecule has 41 heavy (non-hydrogen) atoms. The van der Waals surface area contributed by atoms with Gasteiger partial charge in [0.1, 0.15) is 5.52 Å². The summed E-state index contributed by atoms with van der Waals surface area (Å²) in [4.78, 5) is 34.7. The monoisotopic (exact) mass is 555 g/mol. The molecular formula is C32H37N5O4. The molecule has 2 aromatic heterocycles. The Balaban J connectivity index is 1.27. The Morgan fingerprint density at radius 3 is 2.54 bits per heavy atom. The maximum Gasteiger partial charge on any atom is 0.319 e. The number of amides is 3. The number of fused-ring (bicyclic) bond motifs is 1. The molecule has 3 amide bonds.